The Morgan fingerprint density at radius 2 is 2.04 bits per heavy atom. The molecular formula is C15H12ClN5O3. The molecule has 0 aliphatic rings. The minimum absolute atomic E-state index is 0.00258. The summed E-state index contributed by atoms with van der Waals surface area (Å²) in [5.41, 5.74) is 1.19. The number of carboxylic acids is 1. The highest BCUT2D eigenvalue weighted by Crippen LogP contribution is 2.22. The molecule has 1 aromatic heterocycles. The normalized spacial score (nSPS) is 10.5. The van der Waals surface area contributed by atoms with E-state index in [1.807, 2.05) is 6.07 Å². The summed E-state index contributed by atoms with van der Waals surface area (Å²) in [7, 11) is 0. The average Bonchev–Trinajstić information content (AvgIpc) is 3.02. The van der Waals surface area contributed by atoms with Gasteiger partial charge >= 0.3 is 5.97 Å². The highest BCUT2D eigenvalue weighted by atomic mass is 35.5. The number of tetrazole rings is 1. The molecule has 0 saturated carbocycles. The maximum atomic E-state index is 11.0. The minimum atomic E-state index is -1.11. The zero-order chi connectivity index (χ0) is 17.1. The number of phenolic OH excluding ortho intramolecular Hbond substituents is 1. The molecule has 0 aliphatic carbocycles. The first kappa shape index (κ1) is 15.8. The fourth-order valence-corrected chi connectivity index (χ4v) is 2.37. The molecule has 0 radical (unpaired) electrons. The maximum Gasteiger partial charge on any atom is 0.337 e. The summed E-state index contributed by atoms with van der Waals surface area (Å²) in [4.78, 5) is 11.0. The zero-order valence-electron chi connectivity index (χ0n) is 12.2. The van der Waals surface area contributed by atoms with Gasteiger partial charge in [-0.25, -0.2) is 4.79 Å². The van der Waals surface area contributed by atoms with E-state index >= 15 is 0 Å². The topological polar surface area (TPSA) is 113 Å². The van der Waals surface area contributed by atoms with Gasteiger partial charge in [0.25, 0.3) is 0 Å². The number of aromatic nitrogens is 4. The van der Waals surface area contributed by atoms with Crippen LogP contribution in [0.25, 0.3) is 5.69 Å². The lowest BCUT2D eigenvalue weighted by molar-refractivity contribution is 0.0697. The second kappa shape index (κ2) is 6.55. The Balaban J connectivity index is 1.84. The molecule has 0 saturated heterocycles. The van der Waals surface area contributed by atoms with E-state index in [-0.39, 0.29) is 16.3 Å². The third-order valence-corrected chi connectivity index (χ3v) is 3.64. The van der Waals surface area contributed by atoms with Gasteiger partial charge < -0.3 is 15.5 Å². The number of phenols is 1. The van der Waals surface area contributed by atoms with Gasteiger partial charge in [-0.05, 0) is 34.7 Å². The number of hydrogen-bond donors (Lipinski definition) is 3. The van der Waals surface area contributed by atoms with Crippen molar-refractivity contribution in [3.05, 3.63) is 58.6 Å². The van der Waals surface area contributed by atoms with Crippen LogP contribution in [0.1, 0.15) is 15.9 Å². The third kappa shape index (κ3) is 3.13. The third-order valence-electron chi connectivity index (χ3n) is 3.33. The highest BCUT2D eigenvalue weighted by Gasteiger charge is 2.13. The molecule has 0 amide bonds. The molecule has 9 heteroatoms. The highest BCUT2D eigenvalue weighted by molar-refractivity contribution is 6.33. The average molecular weight is 346 g/mol. The first-order valence-electron chi connectivity index (χ1n) is 6.88. The van der Waals surface area contributed by atoms with Crippen molar-refractivity contribution in [2.24, 2.45) is 0 Å². The molecule has 0 spiro atoms. The van der Waals surface area contributed by atoms with Gasteiger partial charge in [0.15, 0.2) is 0 Å². The summed E-state index contributed by atoms with van der Waals surface area (Å²) in [5, 5.41) is 33.2. The lowest BCUT2D eigenvalue weighted by Gasteiger charge is -2.09. The smallest absolute Gasteiger partial charge is 0.337 e. The maximum absolute atomic E-state index is 11.0. The second-order valence-electron chi connectivity index (χ2n) is 4.87. The number of aromatic carboxylic acids is 1. The van der Waals surface area contributed by atoms with Crippen LogP contribution in [0.5, 0.6) is 5.75 Å². The van der Waals surface area contributed by atoms with Gasteiger partial charge in [0.2, 0.25) is 5.95 Å². The fraction of sp³-hybridized carbons (Fsp3) is 0.0667. The largest absolute Gasteiger partial charge is 0.508 e. The second-order valence-corrected chi connectivity index (χ2v) is 5.27. The van der Waals surface area contributed by atoms with Crippen LogP contribution in [0.4, 0.5) is 5.95 Å². The number of rotatable bonds is 5. The van der Waals surface area contributed by atoms with E-state index < -0.39 is 5.97 Å². The summed E-state index contributed by atoms with van der Waals surface area (Å²) in [5.74, 6) is -0.614. The Bertz CT molecular complexity index is 896. The van der Waals surface area contributed by atoms with E-state index in [9.17, 15) is 9.90 Å². The van der Waals surface area contributed by atoms with Crippen LogP contribution in [-0.2, 0) is 6.54 Å². The predicted octanol–water partition coefficient (Wildman–Crippen LogP) is 2.33. The van der Waals surface area contributed by atoms with E-state index in [0.717, 1.165) is 0 Å². The number of carboxylic acid groups (broad SMARTS) is 1. The van der Waals surface area contributed by atoms with Crippen molar-refractivity contribution in [3.8, 4) is 11.4 Å². The Hall–Kier alpha value is -3.13. The number of para-hydroxylation sites is 1. The molecule has 24 heavy (non-hydrogen) atoms. The van der Waals surface area contributed by atoms with Crippen molar-refractivity contribution in [3.63, 3.8) is 0 Å². The standard InChI is InChI=1S/C15H12ClN5O3/c16-12-7-10(5-6-11(12)14(23)24)21-15(18-19-20-21)17-8-9-3-1-2-4-13(9)22/h1-7,22H,8H2,(H,23,24)(H,17,18,20). The number of anilines is 1. The van der Waals surface area contributed by atoms with Crippen LogP contribution in [-0.4, -0.2) is 36.4 Å². The summed E-state index contributed by atoms with van der Waals surface area (Å²) in [6, 6.07) is 11.3. The van der Waals surface area contributed by atoms with E-state index in [4.69, 9.17) is 16.7 Å². The molecule has 1 heterocycles. The summed E-state index contributed by atoms with van der Waals surface area (Å²) in [6.45, 7) is 0.313. The van der Waals surface area contributed by atoms with Crippen molar-refractivity contribution >= 4 is 23.5 Å². The van der Waals surface area contributed by atoms with Crippen molar-refractivity contribution in [2.45, 2.75) is 6.54 Å². The predicted molar refractivity (Wildman–Crippen MR) is 86.6 cm³/mol. The van der Waals surface area contributed by atoms with Crippen molar-refractivity contribution in [1.82, 2.24) is 20.2 Å². The van der Waals surface area contributed by atoms with Gasteiger partial charge in [0, 0.05) is 12.1 Å². The van der Waals surface area contributed by atoms with Crippen LogP contribution >= 0.6 is 11.6 Å². The molecule has 0 bridgehead atoms. The van der Waals surface area contributed by atoms with Crippen LogP contribution in [0.3, 0.4) is 0 Å². The number of halogens is 1. The molecule has 2 aromatic carbocycles. The molecule has 3 N–H and O–H groups in total. The van der Waals surface area contributed by atoms with Crippen molar-refractivity contribution < 1.29 is 15.0 Å². The summed E-state index contributed by atoms with van der Waals surface area (Å²) >= 11 is 5.97. The summed E-state index contributed by atoms with van der Waals surface area (Å²) in [6.07, 6.45) is 0. The van der Waals surface area contributed by atoms with Gasteiger partial charge in [-0.2, -0.15) is 4.68 Å². The number of nitrogens with one attached hydrogen (secondary N) is 1. The molecule has 0 fully saturated rings. The Labute approximate surface area is 141 Å². The molecule has 0 unspecified atom stereocenters. The van der Waals surface area contributed by atoms with Gasteiger partial charge in [-0.15, -0.1) is 0 Å². The number of benzene rings is 2. The number of hydrogen-bond acceptors (Lipinski definition) is 6. The Kier molecular flexibility index (Phi) is 4.30. The fourth-order valence-electron chi connectivity index (χ4n) is 2.12. The van der Waals surface area contributed by atoms with Crippen LogP contribution in [0.2, 0.25) is 5.02 Å². The van der Waals surface area contributed by atoms with Gasteiger partial charge in [0.05, 0.1) is 16.3 Å². The number of aromatic hydroxyl groups is 1. The monoisotopic (exact) mass is 345 g/mol. The van der Waals surface area contributed by atoms with Gasteiger partial charge in [-0.3, -0.25) is 0 Å². The first-order valence-corrected chi connectivity index (χ1v) is 7.26. The van der Waals surface area contributed by atoms with Crippen LogP contribution in [0, 0.1) is 0 Å². The van der Waals surface area contributed by atoms with E-state index in [2.05, 4.69) is 20.8 Å². The Morgan fingerprint density at radius 3 is 2.75 bits per heavy atom. The van der Waals surface area contributed by atoms with Crippen LogP contribution < -0.4 is 5.32 Å². The lowest BCUT2D eigenvalue weighted by atomic mass is 10.2. The molecular weight excluding hydrogens is 334 g/mol. The van der Waals surface area contributed by atoms with E-state index in [1.165, 1.54) is 16.8 Å². The molecule has 3 aromatic rings. The van der Waals surface area contributed by atoms with Gasteiger partial charge in [0.1, 0.15) is 5.75 Å². The minimum Gasteiger partial charge on any atom is -0.508 e. The van der Waals surface area contributed by atoms with E-state index in [0.29, 0.717) is 23.7 Å². The van der Waals surface area contributed by atoms with Crippen molar-refractivity contribution in [1.29, 1.82) is 0 Å². The lowest BCUT2D eigenvalue weighted by Crippen LogP contribution is -2.08. The first-order chi connectivity index (χ1) is 11.6. The molecule has 8 nitrogen and oxygen atoms in total. The van der Waals surface area contributed by atoms with Crippen molar-refractivity contribution in [2.75, 3.05) is 5.32 Å². The SMILES string of the molecule is O=C(O)c1ccc(-n2nnnc2NCc2ccccc2O)cc1Cl. The number of carbonyl (C=O) groups is 1. The molecule has 3 rings (SSSR count). The Morgan fingerprint density at radius 1 is 1.25 bits per heavy atom. The summed E-state index contributed by atoms with van der Waals surface area (Å²) < 4.78 is 1.39. The van der Waals surface area contributed by atoms with E-state index in [1.54, 1.807) is 24.3 Å². The molecule has 0 atom stereocenters. The molecule has 0 aliphatic heterocycles. The quantitative estimate of drug-likeness (QED) is 0.650. The number of nitrogens with zero attached hydrogens (tertiary/aromatic N) is 4. The van der Waals surface area contributed by atoms with Gasteiger partial charge in [-0.1, -0.05) is 34.9 Å². The zero-order valence-corrected chi connectivity index (χ0v) is 13.0. The van der Waals surface area contributed by atoms with Crippen LogP contribution in [0.15, 0.2) is 42.5 Å². The molecule has 122 valence electrons.